The van der Waals surface area contributed by atoms with E-state index in [1.54, 1.807) is 12.4 Å². The number of H-pyrrole nitrogens is 1. The van der Waals surface area contributed by atoms with Crippen molar-refractivity contribution in [2.45, 2.75) is 26.3 Å². The summed E-state index contributed by atoms with van der Waals surface area (Å²) in [6.45, 7) is 2.43. The van der Waals surface area contributed by atoms with Crippen molar-refractivity contribution in [1.82, 2.24) is 15.3 Å². The normalized spacial score (nSPS) is 10.7. The van der Waals surface area contributed by atoms with E-state index in [4.69, 9.17) is 0 Å². The van der Waals surface area contributed by atoms with Gasteiger partial charge in [-0.15, -0.1) is 0 Å². The largest absolute Gasteiger partial charge is 0.352 e. The van der Waals surface area contributed by atoms with Gasteiger partial charge in [0.1, 0.15) is 0 Å². The molecule has 2 heterocycles. The lowest BCUT2D eigenvalue weighted by Gasteiger charge is -2.07. The fourth-order valence-electron chi connectivity index (χ4n) is 2.65. The van der Waals surface area contributed by atoms with Gasteiger partial charge in [0.25, 0.3) is 5.56 Å². The van der Waals surface area contributed by atoms with Gasteiger partial charge in [-0.2, -0.15) is 0 Å². The molecule has 24 heavy (non-hydrogen) atoms. The first-order chi connectivity index (χ1) is 11.6. The Kier molecular flexibility index (Phi) is 4.70. The van der Waals surface area contributed by atoms with Crippen molar-refractivity contribution in [3.8, 4) is 0 Å². The number of nitrogens with one attached hydrogen (secondary N) is 2. The highest BCUT2D eigenvalue weighted by Gasteiger charge is 2.07. The van der Waals surface area contributed by atoms with Crippen LogP contribution in [0.1, 0.15) is 23.1 Å². The molecule has 2 N–H and O–H groups in total. The second-order valence-electron chi connectivity index (χ2n) is 5.80. The number of carbonyl (C=O) groups excluding carboxylic acids is 1. The molecule has 0 bridgehead atoms. The molecule has 0 aliphatic rings. The van der Waals surface area contributed by atoms with Gasteiger partial charge in [0, 0.05) is 30.9 Å². The topological polar surface area (TPSA) is 74.8 Å². The third-order valence-electron chi connectivity index (χ3n) is 4.03. The first-order valence-corrected chi connectivity index (χ1v) is 7.90. The number of para-hydroxylation sites is 1. The molecule has 0 unspecified atom stereocenters. The molecule has 1 amide bonds. The van der Waals surface area contributed by atoms with E-state index >= 15 is 0 Å². The summed E-state index contributed by atoms with van der Waals surface area (Å²) in [5.74, 6) is -0.0736. The predicted octanol–water partition coefficient (Wildman–Crippen LogP) is 2.48. The van der Waals surface area contributed by atoms with Gasteiger partial charge in [-0.3, -0.25) is 14.6 Å². The first-order valence-electron chi connectivity index (χ1n) is 7.90. The second-order valence-corrected chi connectivity index (χ2v) is 5.80. The van der Waals surface area contributed by atoms with Gasteiger partial charge < -0.3 is 10.3 Å². The number of carbonyl (C=O) groups is 1. The van der Waals surface area contributed by atoms with Crippen LogP contribution in [0.2, 0.25) is 0 Å². The van der Waals surface area contributed by atoms with Crippen LogP contribution >= 0.6 is 0 Å². The maximum absolute atomic E-state index is 12.2. The van der Waals surface area contributed by atoms with E-state index in [9.17, 15) is 9.59 Å². The molecule has 0 spiro atoms. The number of aryl methyl sites for hydroxylation is 2. The Bertz CT molecular complexity index is 917. The molecular formula is C19H19N3O2. The van der Waals surface area contributed by atoms with Crippen LogP contribution in [-0.2, 0) is 17.8 Å². The van der Waals surface area contributed by atoms with Gasteiger partial charge in [-0.05, 0) is 48.1 Å². The molecule has 0 aliphatic heterocycles. The molecular weight excluding hydrogens is 302 g/mol. The van der Waals surface area contributed by atoms with Crippen molar-refractivity contribution in [1.29, 1.82) is 0 Å². The minimum absolute atomic E-state index is 0.0736. The van der Waals surface area contributed by atoms with Gasteiger partial charge in [0.15, 0.2) is 0 Å². The molecule has 0 aliphatic carbocycles. The zero-order valence-corrected chi connectivity index (χ0v) is 13.5. The van der Waals surface area contributed by atoms with Crippen molar-refractivity contribution < 1.29 is 4.79 Å². The lowest BCUT2D eigenvalue weighted by molar-refractivity contribution is -0.121. The maximum Gasteiger partial charge on any atom is 0.251 e. The number of pyridine rings is 2. The summed E-state index contributed by atoms with van der Waals surface area (Å²) in [4.78, 5) is 31.0. The van der Waals surface area contributed by atoms with Crippen molar-refractivity contribution in [3.05, 3.63) is 75.8 Å². The molecule has 0 saturated carbocycles. The SMILES string of the molecule is Cc1cccc2cc(CCC(=O)NCc3ccncc3)c(=O)[nH]c12. The van der Waals surface area contributed by atoms with Gasteiger partial charge in [-0.1, -0.05) is 18.2 Å². The van der Waals surface area contributed by atoms with E-state index in [2.05, 4.69) is 15.3 Å². The number of aromatic nitrogens is 2. The highest BCUT2D eigenvalue weighted by atomic mass is 16.1. The number of aromatic amines is 1. The Labute approximate surface area is 139 Å². The Balaban J connectivity index is 1.64. The third-order valence-corrected chi connectivity index (χ3v) is 4.03. The number of hydrogen-bond donors (Lipinski definition) is 2. The van der Waals surface area contributed by atoms with Crippen LogP contribution in [-0.4, -0.2) is 15.9 Å². The molecule has 0 atom stereocenters. The summed E-state index contributed by atoms with van der Waals surface area (Å²) < 4.78 is 0. The van der Waals surface area contributed by atoms with Crippen molar-refractivity contribution in [2.75, 3.05) is 0 Å². The quantitative estimate of drug-likeness (QED) is 0.758. The summed E-state index contributed by atoms with van der Waals surface area (Å²) >= 11 is 0. The zero-order valence-electron chi connectivity index (χ0n) is 13.5. The average Bonchev–Trinajstić information content (AvgIpc) is 2.60. The molecule has 3 aromatic rings. The van der Waals surface area contributed by atoms with Gasteiger partial charge in [0.05, 0.1) is 5.52 Å². The smallest absolute Gasteiger partial charge is 0.251 e. The van der Waals surface area contributed by atoms with E-state index < -0.39 is 0 Å². The van der Waals surface area contributed by atoms with Crippen LogP contribution in [0.5, 0.6) is 0 Å². The first kappa shape index (κ1) is 15.9. The monoisotopic (exact) mass is 321 g/mol. The van der Waals surface area contributed by atoms with Crippen LogP contribution < -0.4 is 10.9 Å². The van der Waals surface area contributed by atoms with Gasteiger partial charge in [-0.25, -0.2) is 0 Å². The second kappa shape index (κ2) is 7.08. The Morgan fingerprint density at radius 1 is 1.21 bits per heavy atom. The highest BCUT2D eigenvalue weighted by Crippen LogP contribution is 2.15. The predicted molar refractivity (Wildman–Crippen MR) is 93.7 cm³/mol. The van der Waals surface area contributed by atoms with Crippen molar-refractivity contribution in [2.24, 2.45) is 0 Å². The van der Waals surface area contributed by atoms with E-state index in [1.807, 2.05) is 43.3 Å². The number of hydrogen-bond acceptors (Lipinski definition) is 3. The summed E-state index contributed by atoms with van der Waals surface area (Å²) in [6.07, 6.45) is 4.09. The van der Waals surface area contributed by atoms with Crippen LogP contribution in [0.3, 0.4) is 0 Å². The Morgan fingerprint density at radius 3 is 2.79 bits per heavy atom. The average molecular weight is 321 g/mol. The Hall–Kier alpha value is -2.95. The van der Waals surface area contributed by atoms with Crippen LogP contribution in [0.4, 0.5) is 0 Å². The molecule has 3 rings (SSSR count). The summed E-state index contributed by atoms with van der Waals surface area (Å²) in [5, 5.41) is 3.84. The lowest BCUT2D eigenvalue weighted by atomic mass is 10.1. The third kappa shape index (κ3) is 3.68. The van der Waals surface area contributed by atoms with Crippen LogP contribution in [0, 0.1) is 6.92 Å². The molecule has 0 saturated heterocycles. The maximum atomic E-state index is 12.2. The van der Waals surface area contributed by atoms with Crippen LogP contribution in [0.15, 0.2) is 53.6 Å². The standard InChI is InChI=1S/C19H19N3O2/c1-13-3-2-4-15-11-16(19(24)22-18(13)15)5-6-17(23)21-12-14-7-9-20-10-8-14/h2-4,7-11H,5-6,12H2,1H3,(H,21,23)(H,22,24). The van der Waals surface area contributed by atoms with Crippen LogP contribution in [0.25, 0.3) is 10.9 Å². The number of rotatable bonds is 5. The molecule has 5 heteroatoms. The summed E-state index contributed by atoms with van der Waals surface area (Å²) in [6, 6.07) is 11.5. The fourth-order valence-corrected chi connectivity index (χ4v) is 2.65. The summed E-state index contributed by atoms with van der Waals surface area (Å²) in [7, 11) is 0. The Morgan fingerprint density at radius 2 is 2.00 bits per heavy atom. The molecule has 0 fully saturated rings. The molecule has 0 radical (unpaired) electrons. The molecule has 1 aromatic carbocycles. The lowest BCUT2D eigenvalue weighted by Crippen LogP contribution is -2.24. The van der Waals surface area contributed by atoms with Gasteiger partial charge in [0.2, 0.25) is 5.91 Å². The molecule has 2 aromatic heterocycles. The zero-order chi connectivity index (χ0) is 16.9. The number of fused-ring (bicyclic) bond motifs is 1. The highest BCUT2D eigenvalue weighted by molar-refractivity contribution is 5.82. The number of benzene rings is 1. The minimum Gasteiger partial charge on any atom is -0.352 e. The summed E-state index contributed by atoms with van der Waals surface area (Å²) in [5.41, 5.74) is 3.39. The van der Waals surface area contributed by atoms with E-state index in [1.165, 1.54) is 0 Å². The van der Waals surface area contributed by atoms with E-state index in [0.717, 1.165) is 22.0 Å². The number of amides is 1. The molecule has 122 valence electrons. The number of nitrogens with zero attached hydrogens (tertiary/aromatic N) is 1. The van der Waals surface area contributed by atoms with Crippen molar-refractivity contribution >= 4 is 16.8 Å². The minimum atomic E-state index is -0.126. The van der Waals surface area contributed by atoms with E-state index in [-0.39, 0.29) is 17.9 Å². The van der Waals surface area contributed by atoms with Crippen molar-refractivity contribution in [3.63, 3.8) is 0 Å². The van der Waals surface area contributed by atoms with Gasteiger partial charge >= 0.3 is 0 Å². The van der Waals surface area contributed by atoms with E-state index in [0.29, 0.717) is 18.5 Å². The molecule has 5 nitrogen and oxygen atoms in total. The fraction of sp³-hybridized carbons (Fsp3) is 0.211.